The SMILES string of the molecule is CC(C)(c1ccccc1)C(O)c1cccc2cccnc12. The Morgan fingerprint density at radius 1 is 0.905 bits per heavy atom. The van der Waals surface area contributed by atoms with E-state index in [1.54, 1.807) is 6.20 Å². The Hall–Kier alpha value is -2.19. The van der Waals surface area contributed by atoms with E-state index in [2.05, 4.69) is 31.0 Å². The first-order valence-corrected chi connectivity index (χ1v) is 7.18. The summed E-state index contributed by atoms with van der Waals surface area (Å²) in [4.78, 5) is 4.45. The van der Waals surface area contributed by atoms with Gasteiger partial charge in [-0.05, 0) is 11.6 Å². The molecule has 0 aliphatic heterocycles. The van der Waals surface area contributed by atoms with Gasteiger partial charge in [0.25, 0.3) is 0 Å². The number of hydrogen-bond donors (Lipinski definition) is 1. The van der Waals surface area contributed by atoms with E-state index in [0.717, 1.165) is 22.0 Å². The number of para-hydroxylation sites is 1. The highest BCUT2D eigenvalue weighted by Gasteiger charge is 2.32. The van der Waals surface area contributed by atoms with Crippen LogP contribution in [0.5, 0.6) is 0 Å². The van der Waals surface area contributed by atoms with Crippen molar-refractivity contribution < 1.29 is 5.11 Å². The van der Waals surface area contributed by atoms with E-state index < -0.39 is 6.10 Å². The molecule has 0 aliphatic rings. The number of aliphatic hydroxyl groups is 1. The minimum atomic E-state index is -0.613. The molecule has 0 radical (unpaired) electrons. The van der Waals surface area contributed by atoms with Crippen LogP contribution in [0.25, 0.3) is 10.9 Å². The number of hydrogen-bond acceptors (Lipinski definition) is 2. The van der Waals surface area contributed by atoms with E-state index in [1.807, 2.05) is 48.5 Å². The molecule has 0 fully saturated rings. The maximum absolute atomic E-state index is 11.0. The Bertz CT molecular complexity index is 744. The van der Waals surface area contributed by atoms with Gasteiger partial charge in [-0.3, -0.25) is 4.98 Å². The topological polar surface area (TPSA) is 33.1 Å². The van der Waals surface area contributed by atoms with E-state index in [-0.39, 0.29) is 5.41 Å². The molecule has 0 aliphatic carbocycles. The second-order valence-corrected chi connectivity index (χ2v) is 5.91. The largest absolute Gasteiger partial charge is 0.387 e. The molecular formula is C19H19NO. The number of rotatable bonds is 3. The molecule has 2 nitrogen and oxygen atoms in total. The number of nitrogens with zero attached hydrogens (tertiary/aromatic N) is 1. The molecule has 1 heterocycles. The van der Waals surface area contributed by atoms with Crippen molar-refractivity contribution in [3.8, 4) is 0 Å². The fourth-order valence-electron chi connectivity index (χ4n) is 2.76. The van der Waals surface area contributed by atoms with Crippen molar-refractivity contribution in [1.82, 2.24) is 4.98 Å². The molecule has 1 aromatic heterocycles. The number of fused-ring (bicyclic) bond motifs is 1. The standard InChI is InChI=1S/C19H19NO/c1-19(2,15-10-4-3-5-11-15)18(21)16-12-6-8-14-9-7-13-20-17(14)16/h3-13,18,21H,1-2H3. The summed E-state index contributed by atoms with van der Waals surface area (Å²) in [5.74, 6) is 0. The molecule has 3 rings (SSSR count). The van der Waals surface area contributed by atoms with E-state index in [1.165, 1.54) is 0 Å². The highest BCUT2D eigenvalue weighted by molar-refractivity contribution is 5.82. The van der Waals surface area contributed by atoms with Crippen LogP contribution >= 0.6 is 0 Å². The van der Waals surface area contributed by atoms with Crippen LogP contribution in [0.3, 0.4) is 0 Å². The van der Waals surface area contributed by atoms with Crippen LogP contribution in [0.15, 0.2) is 66.9 Å². The molecule has 1 unspecified atom stereocenters. The number of benzene rings is 2. The van der Waals surface area contributed by atoms with Gasteiger partial charge in [0.1, 0.15) is 0 Å². The Balaban J connectivity index is 2.10. The Morgan fingerprint density at radius 3 is 2.38 bits per heavy atom. The van der Waals surface area contributed by atoms with E-state index >= 15 is 0 Å². The molecule has 0 amide bonds. The highest BCUT2D eigenvalue weighted by atomic mass is 16.3. The number of aromatic nitrogens is 1. The van der Waals surface area contributed by atoms with Crippen LogP contribution in [0.1, 0.15) is 31.1 Å². The van der Waals surface area contributed by atoms with Crippen molar-refractivity contribution in [2.45, 2.75) is 25.4 Å². The molecule has 3 aromatic rings. The molecule has 21 heavy (non-hydrogen) atoms. The molecule has 0 saturated carbocycles. The molecule has 0 spiro atoms. The quantitative estimate of drug-likeness (QED) is 0.776. The third kappa shape index (κ3) is 2.43. The zero-order valence-corrected chi connectivity index (χ0v) is 12.3. The van der Waals surface area contributed by atoms with Crippen molar-refractivity contribution in [3.05, 3.63) is 78.0 Å². The van der Waals surface area contributed by atoms with Crippen LogP contribution in [0, 0.1) is 0 Å². The first-order valence-electron chi connectivity index (χ1n) is 7.18. The zero-order valence-electron chi connectivity index (χ0n) is 12.3. The lowest BCUT2D eigenvalue weighted by atomic mass is 9.76. The molecule has 1 atom stereocenters. The minimum Gasteiger partial charge on any atom is -0.387 e. The van der Waals surface area contributed by atoms with E-state index in [9.17, 15) is 5.11 Å². The van der Waals surface area contributed by atoms with Crippen molar-refractivity contribution in [2.24, 2.45) is 0 Å². The third-order valence-electron chi connectivity index (χ3n) is 4.16. The summed E-state index contributed by atoms with van der Waals surface area (Å²) < 4.78 is 0. The summed E-state index contributed by atoms with van der Waals surface area (Å²) in [6.45, 7) is 4.13. The Labute approximate surface area is 125 Å². The maximum Gasteiger partial charge on any atom is 0.0902 e. The van der Waals surface area contributed by atoms with Gasteiger partial charge in [0, 0.05) is 22.6 Å². The predicted octanol–water partition coefficient (Wildman–Crippen LogP) is 4.25. The van der Waals surface area contributed by atoms with Crippen molar-refractivity contribution in [2.75, 3.05) is 0 Å². The second-order valence-electron chi connectivity index (χ2n) is 5.91. The van der Waals surface area contributed by atoms with Gasteiger partial charge in [0.2, 0.25) is 0 Å². The average Bonchev–Trinajstić information content (AvgIpc) is 2.54. The minimum absolute atomic E-state index is 0.382. The number of pyridine rings is 1. The lowest BCUT2D eigenvalue weighted by Gasteiger charge is -2.32. The van der Waals surface area contributed by atoms with Gasteiger partial charge in [-0.15, -0.1) is 0 Å². The summed E-state index contributed by atoms with van der Waals surface area (Å²) in [6.07, 6.45) is 1.16. The van der Waals surface area contributed by atoms with Gasteiger partial charge in [0.05, 0.1) is 11.6 Å². The van der Waals surface area contributed by atoms with Crippen molar-refractivity contribution in [3.63, 3.8) is 0 Å². The lowest BCUT2D eigenvalue weighted by molar-refractivity contribution is 0.101. The Morgan fingerprint density at radius 2 is 1.62 bits per heavy atom. The fraction of sp³-hybridized carbons (Fsp3) is 0.211. The molecule has 2 aromatic carbocycles. The third-order valence-corrected chi connectivity index (χ3v) is 4.16. The Kier molecular flexibility index (Phi) is 3.48. The van der Waals surface area contributed by atoms with Gasteiger partial charge in [-0.25, -0.2) is 0 Å². The molecule has 0 saturated heterocycles. The monoisotopic (exact) mass is 277 g/mol. The van der Waals surface area contributed by atoms with E-state index in [0.29, 0.717) is 0 Å². The van der Waals surface area contributed by atoms with E-state index in [4.69, 9.17) is 0 Å². The second kappa shape index (κ2) is 5.30. The summed E-state index contributed by atoms with van der Waals surface area (Å²) in [7, 11) is 0. The van der Waals surface area contributed by atoms with Crippen LogP contribution < -0.4 is 0 Å². The van der Waals surface area contributed by atoms with Gasteiger partial charge >= 0.3 is 0 Å². The molecular weight excluding hydrogens is 258 g/mol. The first-order chi connectivity index (χ1) is 10.1. The van der Waals surface area contributed by atoms with Crippen LogP contribution in [-0.2, 0) is 5.41 Å². The van der Waals surface area contributed by atoms with Crippen molar-refractivity contribution >= 4 is 10.9 Å². The smallest absolute Gasteiger partial charge is 0.0902 e. The molecule has 0 bridgehead atoms. The zero-order chi connectivity index (χ0) is 14.9. The summed E-state index contributed by atoms with van der Waals surface area (Å²) in [6, 6.07) is 20.0. The summed E-state index contributed by atoms with van der Waals surface area (Å²) in [5, 5.41) is 12.0. The normalized spacial score (nSPS) is 13.3. The number of aliphatic hydroxyl groups excluding tert-OH is 1. The van der Waals surface area contributed by atoms with Crippen molar-refractivity contribution in [1.29, 1.82) is 0 Å². The first kappa shape index (κ1) is 13.8. The van der Waals surface area contributed by atoms with Gasteiger partial charge < -0.3 is 5.11 Å². The van der Waals surface area contributed by atoms with Gasteiger partial charge in [-0.1, -0.05) is 68.4 Å². The summed E-state index contributed by atoms with van der Waals surface area (Å²) >= 11 is 0. The molecule has 2 heteroatoms. The lowest BCUT2D eigenvalue weighted by Crippen LogP contribution is -2.27. The molecule has 1 N–H and O–H groups in total. The fourth-order valence-corrected chi connectivity index (χ4v) is 2.76. The predicted molar refractivity (Wildman–Crippen MR) is 86.2 cm³/mol. The average molecular weight is 277 g/mol. The molecule has 106 valence electrons. The van der Waals surface area contributed by atoms with Gasteiger partial charge in [0.15, 0.2) is 0 Å². The van der Waals surface area contributed by atoms with Crippen LogP contribution in [-0.4, -0.2) is 10.1 Å². The van der Waals surface area contributed by atoms with Crippen LogP contribution in [0.2, 0.25) is 0 Å². The summed E-state index contributed by atoms with van der Waals surface area (Å²) in [5.41, 5.74) is 2.48. The van der Waals surface area contributed by atoms with Gasteiger partial charge in [-0.2, -0.15) is 0 Å². The maximum atomic E-state index is 11.0. The highest BCUT2D eigenvalue weighted by Crippen LogP contribution is 2.38. The van der Waals surface area contributed by atoms with Crippen LogP contribution in [0.4, 0.5) is 0 Å².